The summed E-state index contributed by atoms with van der Waals surface area (Å²) in [5, 5.41) is 0.691. The fraction of sp³-hybridized carbons (Fsp3) is 0.409. The molecular weight excluding hydrogens is 383 g/mol. The Hall–Kier alpha value is -3.16. The number of anilines is 1. The van der Waals surface area contributed by atoms with Crippen molar-refractivity contribution in [3.05, 3.63) is 54.0 Å². The van der Waals surface area contributed by atoms with E-state index in [1.807, 2.05) is 4.90 Å². The molecule has 1 amide bonds. The molecule has 0 bridgehead atoms. The molecule has 2 aliphatic rings. The predicted octanol–water partition coefficient (Wildman–Crippen LogP) is 2.67. The normalized spacial score (nSPS) is 21.8. The van der Waals surface area contributed by atoms with Gasteiger partial charge in [-0.1, -0.05) is 6.92 Å². The average molecular weight is 406 g/mol. The highest BCUT2D eigenvalue weighted by Gasteiger charge is 2.42. The first-order valence-electron chi connectivity index (χ1n) is 10.2. The molecule has 5 rings (SSSR count). The lowest BCUT2D eigenvalue weighted by molar-refractivity contribution is -0.127. The lowest BCUT2D eigenvalue weighted by Crippen LogP contribution is -2.47. The second kappa shape index (κ2) is 6.97. The maximum Gasteiger partial charge on any atom is 0.225 e. The Labute approximate surface area is 174 Å². The van der Waals surface area contributed by atoms with Gasteiger partial charge >= 0.3 is 0 Å². The topological polar surface area (TPSA) is 75.1 Å². The highest BCUT2D eigenvalue weighted by molar-refractivity contribution is 5.78. The van der Waals surface area contributed by atoms with E-state index >= 15 is 0 Å². The fourth-order valence-electron chi connectivity index (χ4n) is 4.50. The van der Waals surface area contributed by atoms with Crippen molar-refractivity contribution in [2.24, 2.45) is 0 Å². The summed E-state index contributed by atoms with van der Waals surface area (Å²) in [5.41, 5.74) is 2.55. The molecule has 30 heavy (non-hydrogen) atoms. The van der Waals surface area contributed by atoms with Crippen molar-refractivity contribution >= 4 is 22.8 Å². The number of benzene rings is 1. The average Bonchev–Trinajstić information content (AvgIpc) is 3.11. The summed E-state index contributed by atoms with van der Waals surface area (Å²) in [4.78, 5) is 34.1. The molecule has 1 aromatic carbocycles. The van der Waals surface area contributed by atoms with Crippen LogP contribution in [0.3, 0.4) is 0 Å². The molecule has 4 heterocycles. The van der Waals surface area contributed by atoms with E-state index in [9.17, 15) is 9.18 Å². The minimum atomic E-state index is -0.290. The summed E-state index contributed by atoms with van der Waals surface area (Å²) in [6.07, 6.45) is 6.03. The van der Waals surface area contributed by atoms with Gasteiger partial charge in [-0.25, -0.2) is 14.4 Å². The number of rotatable bonds is 3. The molecule has 0 aliphatic carbocycles. The molecule has 0 N–H and O–H groups in total. The zero-order valence-corrected chi connectivity index (χ0v) is 17.0. The van der Waals surface area contributed by atoms with E-state index in [1.54, 1.807) is 31.6 Å². The highest BCUT2D eigenvalue weighted by Crippen LogP contribution is 2.39. The third-order valence-corrected chi connectivity index (χ3v) is 6.30. The molecule has 3 aromatic rings. The Balaban J connectivity index is 1.36. The van der Waals surface area contributed by atoms with E-state index in [-0.39, 0.29) is 23.1 Å². The molecule has 1 atom stereocenters. The smallest absolute Gasteiger partial charge is 0.225 e. The Morgan fingerprint density at radius 2 is 2.00 bits per heavy atom. The van der Waals surface area contributed by atoms with Gasteiger partial charge in [0.15, 0.2) is 0 Å². The Morgan fingerprint density at radius 3 is 2.77 bits per heavy atom. The first-order valence-corrected chi connectivity index (χ1v) is 10.2. The zero-order valence-electron chi connectivity index (χ0n) is 17.0. The van der Waals surface area contributed by atoms with Gasteiger partial charge in [0, 0.05) is 68.4 Å². The molecule has 0 unspecified atom stereocenters. The predicted molar refractivity (Wildman–Crippen MR) is 111 cm³/mol. The van der Waals surface area contributed by atoms with Gasteiger partial charge in [-0.15, -0.1) is 0 Å². The monoisotopic (exact) mass is 406 g/mol. The number of halogens is 1. The number of carbonyl (C=O) groups excluding carboxylic acids is 1. The van der Waals surface area contributed by atoms with Crippen molar-refractivity contribution in [3.8, 4) is 0 Å². The van der Waals surface area contributed by atoms with E-state index in [2.05, 4.69) is 26.8 Å². The van der Waals surface area contributed by atoms with Crippen LogP contribution in [0.15, 0.2) is 36.8 Å². The minimum absolute atomic E-state index is 0.104. The number of nitrogens with zero attached hydrogens (tertiary/aromatic N) is 6. The number of amides is 1. The van der Waals surface area contributed by atoms with Crippen molar-refractivity contribution in [3.63, 3.8) is 0 Å². The van der Waals surface area contributed by atoms with Crippen LogP contribution in [0.2, 0.25) is 0 Å². The van der Waals surface area contributed by atoms with Gasteiger partial charge in [0.1, 0.15) is 5.82 Å². The molecule has 8 heteroatoms. The van der Waals surface area contributed by atoms with Crippen LogP contribution < -0.4 is 4.90 Å². The van der Waals surface area contributed by atoms with Gasteiger partial charge in [-0.05, 0) is 24.6 Å². The molecular formula is C22H23FN6O. The maximum absolute atomic E-state index is 13.4. The summed E-state index contributed by atoms with van der Waals surface area (Å²) in [5.74, 6) is 0.698. The molecule has 0 radical (unpaired) electrons. The number of hydrogen-bond acceptors (Lipinski definition) is 6. The molecule has 2 fully saturated rings. The van der Waals surface area contributed by atoms with Crippen molar-refractivity contribution < 1.29 is 9.18 Å². The van der Waals surface area contributed by atoms with Gasteiger partial charge in [0.25, 0.3) is 0 Å². The number of hydrogen-bond donors (Lipinski definition) is 0. The zero-order chi connectivity index (χ0) is 20.9. The number of carbonyl (C=O) groups is 1. The van der Waals surface area contributed by atoms with Gasteiger partial charge < -0.3 is 9.80 Å². The van der Waals surface area contributed by atoms with E-state index in [1.165, 1.54) is 12.1 Å². The second-order valence-corrected chi connectivity index (χ2v) is 8.52. The van der Waals surface area contributed by atoms with E-state index < -0.39 is 0 Å². The molecule has 154 valence electrons. The second-order valence-electron chi connectivity index (χ2n) is 8.52. The van der Waals surface area contributed by atoms with Gasteiger partial charge in [-0.2, -0.15) is 0 Å². The molecule has 2 aliphatic heterocycles. The summed E-state index contributed by atoms with van der Waals surface area (Å²) < 4.78 is 13.4. The summed E-state index contributed by atoms with van der Waals surface area (Å²) in [6.45, 7) is 6.73. The third-order valence-electron chi connectivity index (χ3n) is 6.30. The summed E-state index contributed by atoms with van der Waals surface area (Å²) in [6, 6.07) is 4.53. The standard InChI is InChI=1S/C22H23FN6O/c1-14(30)28-8-5-22(2,13-28)20-19(24-6-7-25-20)16-11-29(12-16)21-26-10-15-9-17(23)3-4-18(15)27-21/h3-4,6-7,9-10,16H,5,8,11-13H2,1-2H3/t22-/m1/s1. The lowest BCUT2D eigenvalue weighted by atomic mass is 9.80. The first-order chi connectivity index (χ1) is 14.4. The van der Waals surface area contributed by atoms with E-state index in [0.717, 1.165) is 43.0 Å². The molecule has 0 saturated carbocycles. The minimum Gasteiger partial charge on any atom is -0.342 e. The van der Waals surface area contributed by atoms with Crippen molar-refractivity contribution in [1.29, 1.82) is 0 Å². The van der Waals surface area contributed by atoms with E-state index in [4.69, 9.17) is 4.98 Å². The van der Waals surface area contributed by atoms with Crippen LogP contribution in [0.25, 0.3) is 10.9 Å². The van der Waals surface area contributed by atoms with Crippen molar-refractivity contribution in [2.45, 2.75) is 31.6 Å². The van der Waals surface area contributed by atoms with Crippen LogP contribution in [-0.4, -0.2) is 56.9 Å². The summed E-state index contributed by atoms with van der Waals surface area (Å²) in [7, 11) is 0. The molecule has 7 nitrogen and oxygen atoms in total. The van der Waals surface area contributed by atoms with Gasteiger partial charge in [0.05, 0.1) is 16.9 Å². The lowest BCUT2D eigenvalue weighted by Gasteiger charge is -2.40. The third kappa shape index (κ3) is 3.16. The van der Waals surface area contributed by atoms with Crippen LogP contribution in [-0.2, 0) is 10.2 Å². The van der Waals surface area contributed by atoms with Crippen LogP contribution in [0.5, 0.6) is 0 Å². The summed E-state index contributed by atoms with van der Waals surface area (Å²) >= 11 is 0. The van der Waals surface area contributed by atoms with Crippen LogP contribution in [0.1, 0.15) is 37.6 Å². The number of fused-ring (bicyclic) bond motifs is 1. The fourth-order valence-corrected chi connectivity index (χ4v) is 4.50. The molecule has 2 aromatic heterocycles. The molecule has 2 saturated heterocycles. The Morgan fingerprint density at radius 1 is 1.20 bits per heavy atom. The molecule has 0 spiro atoms. The van der Waals surface area contributed by atoms with Gasteiger partial charge in [-0.3, -0.25) is 14.8 Å². The Bertz CT molecular complexity index is 1130. The van der Waals surface area contributed by atoms with Crippen LogP contribution >= 0.6 is 0 Å². The number of aromatic nitrogens is 4. The van der Waals surface area contributed by atoms with E-state index in [0.29, 0.717) is 17.9 Å². The van der Waals surface area contributed by atoms with Crippen molar-refractivity contribution in [1.82, 2.24) is 24.8 Å². The van der Waals surface area contributed by atoms with Gasteiger partial charge in [0.2, 0.25) is 11.9 Å². The number of likely N-dealkylation sites (tertiary alicyclic amines) is 1. The largest absolute Gasteiger partial charge is 0.342 e. The van der Waals surface area contributed by atoms with Crippen LogP contribution in [0.4, 0.5) is 10.3 Å². The first kappa shape index (κ1) is 18.8. The van der Waals surface area contributed by atoms with Crippen molar-refractivity contribution in [2.75, 3.05) is 31.1 Å². The Kier molecular flexibility index (Phi) is 4.38. The highest BCUT2D eigenvalue weighted by atomic mass is 19.1. The SMILES string of the molecule is CC(=O)N1CC[C@@](C)(c2nccnc2C2CN(c3ncc4cc(F)ccc4n3)C2)C1. The maximum atomic E-state index is 13.4. The van der Waals surface area contributed by atoms with Crippen LogP contribution in [0, 0.1) is 5.82 Å². The quantitative estimate of drug-likeness (QED) is 0.666.